The Morgan fingerprint density at radius 2 is 2.05 bits per heavy atom. The SMILES string of the molecule is CCOC(=O)C(CC)(COC)Nc1cc(C)cc(F)c1. The Morgan fingerprint density at radius 3 is 2.55 bits per heavy atom. The summed E-state index contributed by atoms with van der Waals surface area (Å²) in [6.07, 6.45) is 0.467. The largest absolute Gasteiger partial charge is 0.464 e. The molecule has 20 heavy (non-hydrogen) atoms. The van der Waals surface area contributed by atoms with E-state index in [9.17, 15) is 9.18 Å². The van der Waals surface area contributed by atoms with E-state index in [1.54, 1.807) is 19.9 Å². The van der Waals surface area contributed by atoms with Crippen molar-refractivity contribution in [3.63, 3.8) is 0 Å². The van der Waals surface area contributed by atoms with Crippen LogP contribution in [0.2, 0.25) is 0 Å². The van der Waals surface area contributed by atoms with Crippen LogP contribution in [-0.2, 0) is 14.3 Å². The Bertz CT molecular complexity index is 444. The monoisotopic (exact) mass is 283 g/mol. The van der Waals surface area contributed by atoms with Gasteiger partial charge in [0.25, 0.3) is 0 Å². The number of nitrogens with one attached hydrogen (secondary N) is 1. The topological polar surface area (TPSA) is 47.6 Å². The fourth-order valence-corrected chi connectivity index (χ4v) is 2.08. The molecule has 0 amide bonds. The molecule has 0 radical (unpaired) electrons. The molecule has 0 heterocycles. The molecule has 0 aliphatic heterocycles. The molecule has 1 aromatic carbocycles. The molecule has 1 N–H and O–H groups in total. The van der Waals surface area contributed by atoms with Crippen LogP contribution in [0, 0.1) is 12.7 Å². The quantitative estimate of drug-likeness (QED) is 0.782. The summed E-state index contributed by atoms with van der Waals surface area (Å²) in [6, 6.07) is 4.56. The van der Waals surface area contributed by atoms with Gasteiger partial charge in [-0.15, -0.1) is 0 Å². The molecule has 0 bridgehead atoms. The molecule has 112 valence electrons. The molecule has 1 rings (SSSR count). The van der Waals surface area contributed by atoms with Gasteiger partial charge >= 0.3 is 5.97 Å². The van der Waals surface area contributed by atoms with Gasteiger partial charge in [0.05, 0.1) is 13.2 Å². The maximum Gasteiger partial charge on any atom is 0.334 e. The molecular weight excluding hydrogens is 261 g/mol. The second-order valence-electron chi connectivity index (χ2n) is 4.73. The van der Waals surface area contributed by atoms with Crippen LogP contribution < -0.4 is 5.32 Å². The van der Waals surface area contributed by atoms with E-state index in [0.717, 1.165) is 5.56 Å². The third kappa shape index (κ3) is 3.93. The molecule has 4 nitrogen and oxygen atoms in total. The number of methoxy groups -OCH3 is 1. The van der Waals surface area contributed by atoms with Crippen LogP contribution in [0.5, 0.6) is 0 Å². The Balaban J connectivity index is 3.07. The number of ether oxygens (including phenoxy) is 2. The second-order valence-corrected chi connectivity index (χ2v) is 4.73. The Hall–Kier alpha value is -1.62. The number of hydrogen-bond donors (Lipinski definition) is 1. The summed E-state index contributed by atoms with van der Waals surface area (Å²) in [5.41, 5.74) is 0.304. The number of hydrogen-bond acceptors (Lipinski definition) is 4. The lowest BCUT2D eigenvalue weighted by atomic mass is 9.96. The maximum atomic E-state index is 13.5. The van der Waals surface area contributed by atoms with Crippen molar-refractivity contribution in [1.82, 2.24) is 0 Å². The van der Waals surface area contributed by atoms with E-state index in [2.05, 4.69) is 5.32 Å². The molecule has 0 saturated carbocycles. The highest BCUT2D eigenvalue weighted by atomic mass is 19.1. The summed E-state index contributed by atoms with van der Waals surface area (Å²) in [5.74, 6) is -0.745. The van der Waals surface area contributed by atoms with Crippen LogP contribution in [0.4, 0.5) is 10.1 Å². The number of halogens is 1. The first kappa shape index (κ1) is 16.4. The number of benzene rings is 1. The molecule has 0 aliphatic rings. The van der Waals surface area contributed by atoms with Crippen molar-refractivity contribution < 1.29 is 18.7 Å². The lowest BCUT2D eigenvalue weighted by molar-refractivity contribution is -0.150. The number of carbonyl (C=O) groups is 1. The molecule has 0 saturated heterocycles. The van der Waals surface area contributed by atoms with E-state index < -0.39 is 11.5 Å². The maximum absolute atomic E-state index is 13.5. The van der Waals surface area contributed by atoms with Crippen LogP contribution in [0.1, 0.15) is 25.8 Å². The molecule has 1 aromatic rings. The van der Waals surface area contributed by atoms with Crippen molar-refractivity contribution in [2.24, 2.45) is 0 Å². The minimum absolute atomic E-state index is 0.151. The predicted molar refractivity (Wildman–Crippen MR) is 76.3 cm³/mol. The molecule has 1 unspecified atom stereocenters. The van der Waals surface area contributed by atoms with Gasteiger partial charge in [-0.05, 0) is 44.0 Å². The summed E-state index contributed by atoms with van der Waals surface area (Å²) >= 11 is 0. The van der Waals surface area contributed by atoms with Gasteiger partial charge in [0.15, 0.2) is 5.54 Å². The van der Waals surface area contributed by atoms with Crippen LogP contribution in [0.3, 0.4) is 0 Å². The minimum Gasteiger partial charge on any atom is -0.464 e. The van der Waals surface area contributed by atoms with Gasteiger partial charge < -0.3 is 14.8 Å². The first-order chi connectivity index (χ1) is 9.47. The van der Waals surface area contributed by atoms with Crippen LogP contribution in [0.25, 0.3) is 0 Å². The zero-order valence-electron chi connectivity index (χ0n) is 12.5. The fraction of sp³-hybridized carbons (Fsp3) is 0.533. The third-order valence-electron chi connectivity index (χ3n) is 3.09. The zero-order valence-corrected chi connectivity index (χ0v) is 12.5. The van der Waals surface area contributed by atoms with Crippen molar-refractivity contribution in [3.05, 3.63) is 29.6 Å². The molecular formula is C15H22FNO3. The van der Waals surface area contributed by atoms with E-state index in [1.807, 2.05) is 6.92 Å². The van der Waals surface area contributed by atoms with Gasteiger partial charge in [0.2, 0.25) is 0 Å². The van der Waals surface area contributed by atoms with Crippen LogP contribution in [-0.4, -0.2) is 31.8 Å². The van der Waals surface area contributed by atoms with Crippen LogP contribution in [0.15, 0.2) is 18.2 Å². The highest BCUT2D eigenvalue weighted by Crippen LogP contribution is 2.23. The highest BCUT2D eigenvalue weighted by molar-refractivity contribution is 5.84. The lowest BCUT2D eigenvalue weighted by Crippen LogP contribution is -2.50. The summed E-state index contributed by atoms with van der Waals surface area (Å²) in [7, 11) is 1.52. The Morgan fingerprint density at radius 1 is 1.35 bits per heavy atom. The number of esters is 1. The Labute approximate surface area is 119 Å². The van der Waals surface area contributed by atoms with E-state index in [0.29, 0.717) is 12.1 Å². The van der Waals surface area contributed by atoms with Crippen molar-refractivity contribution in [2.75, 3.05) is 25.6 Å². The number of anilines is 1. The van der Waals surface area contributed by atoms with Crippen molar-refractivity contribution in [1.29, 1.82) is 0 Å². The van der Waals surface area contributed by atoms with Gasteiger partial charge in [0.1, 0.15) is 5.82 Å². The molecule has 0 aromatic heterocycles. The van der Waals surface area contributed by atoms with Crippen molar-refractivity contribution in [3.8, 4) is 0 Å². The number of rotatable bonds is 7. The summed E-state index contributed by atoms with van der Waals surface area (Å²) in [6.45, 7) is 5.83. The van der Waals surface area contributed by atoms with Gasteiger partial charge in [-0.25, -0.2) is 9.18 Å². The predicted octanol–water partition coefficient (Wildman–Crippen LogP) is 2.90. The first-order valence-corrected chi connectivity index (χ1v) is 6.69. The Kier molecular flexibility index (Phi) is 5.95. The van der Waals surface area contributed by atoms with Crippen LogP contribution >= 0.6 is 0 Å². The lowest BCUT2D eigenvalue weighted by Gasteiger charge is -2.31. The normalized spacial score (nSPS) is 13.7. The average molecular weight is 283 g/mol. The number of carbonyl (C=O) groups excluding carboxylic acids is 1. The minimum atomic E-state index is -1.01. The van der Waals surface area contributed by atoms with Crippen molar-refractivity contribution in [2.45, 2.75) is 32.7 Å². The second kappa shape index (κ2) is 7.24. The molecule has 1 atom stereocenters. The first-order valence-electron chi connectivity index (χ1n) is 6.69. The van der Waals surface area contributed by atoms with Gasteiger partial charge in [0, 0.05) is 12.8 Å². The zero-order chi connectivity index (χ0) is 15.2. The van der Waals surface area contributed by atoms with Crippen molar-refractivity contribution >= 4 is 11.7 Å². The van der Waals surface area contributed by atoms with Gasteiger partial charge in [-0.2, -0.15) is 0 Å². The van der Waals surface area contributed by atoms with Gasteiger partial charge in [-0.1, -0.05) is 6.92 Å². The van der Waals surface area contributed by atoms with E-state index in [-0.39, 0.29) is 19.0 Å². The third-order valence-corrected chi connectivity index (χ3v) is 3.09. The molecule has 0 fully saturated rings. The molecule has 5 heteroatoms. The summed E-state index contributed by atoms with van der Waals surface area (Å²) < 4.78 is 23.7. The fourth-order valence-electron chi connectivity index (χ4n) is 2.08. The summed E-state index contributed by atoms with van der Waals surface area (Å²) in [5, 5.41) is 3.07. The number of aryl methyl sites for hydroxylation is 1. The highest BCUT2D eigenvalue weighted by Gasteiger charge is 2.38. The molecule has 0 spiro atoms. The standard InChI is InChI=1S/C15H22FNO3/c1-5-15(10-19-4,14(18)20-6-2)17-13-8-11(3)7-12(16)9-13/h7-9,17H,5-6,10H2,1-4H3. The molecule has 0 aliphatic carbocycles. The van der Waals surface area contributed by atoms with E-state index in [4.69, 9.17) is 9.47 Å². The summed E-state index contributed by atoms with van der Waals surface area (Å²) in [4.78, 5) is 12.2. The average Bonchev–Trinajstić information content (AvgIpc) is 2.37. The van der Waals surface area contributed by atoms with E-state index >= 15 is 0 Å². The van der Waals surface area contributed by atoms with Gasteiger partial charge in [-0.3, -0.25) is 0 Å². The smallest absolute Gasteiger partial charge is 0.334 e. The van der Waals surface area contributed by atoms with E-state index in [1.165, 1.54) is 19.2 Å².